The van der Waals surface area contributed by atoms with Gasteiger partial charge in [-0.25, -0.2) is 0 Å². The van der Waals surface area contributed by atoms with Gasteiger partial charge in [0.1, 0.15) is 5.75 Å². The van der Waals surface area contributed by atoms with Crippen molar-refractivity contribution < 1.29 is 32.2 Å². The molecule has 9 heteroatoms. The summed E-state index contributed by atoms with van der Waals surface area (Å²) in [4.78, 5) is 25.5. The zero-order valence-corrected chi connectivity index (χ0v) is 14.1. The number of halogens is 3. The minimum atomic E-state index is -4.57. The number of hydrogen-bond donors (Lipinski definition) is 1. The van der Waals surface area contributed by atoms with E-state index >= 15 is 0 Å². The Hall–Kier alpha value is -2.55. The van der Waals surface area contributed by atoms with E-state index in [2.05, 4.69) is 11.9 Å². The Morgan fingerprint density at radius 2 is 2.15 bits per heavy atom. The summed E-state index contributed by atoms with van der Waals surface area (Å²) in [5, 5.41) is 2.42. The van der Waals surface area contributed by atoms with Crippen LogP contribution >= 0.6 is 0 Å². The molecular weight excluding hydrogens is 353 g/mol. The third-order valence-corrected chi connectivity index (χ3v) is 3.86. The Kier molecular flexibility index (Phi) is 6.25. The first-order chi connectivity index (χ1) is 12.2. The van der Waals surface area contributed by atoms with E-state index in [1.165, 1.54) is 18.1 Å². The van der Waals surface area contributed by atoms with E-state index in [9.17, 15) is 22.8 Å². The molecule has 0 aliphatic carbocycles. The number of carbonyl (C=O) groups is 2. The molecule has 6 nitrogen and oxygen atoms in total. The van der Waals surface area contributed by atoms with E-state index in [0.717, 1.165) is 18.2 Å². The van der Waals surface area contributed by atoms with Gasteiger partial charge in [-0.15, -0.1) is 0 Å². The molecule has 0 radical (unpaired) electrons. The van der Waals surface area contributed by atoms with Gasteiger partial charge >= 0.3 is 6.18 Å². The number of nitrogens with zero attached hydrogens (tertiary/aromatic N) is 1. The van der Waals surface area contributed by atoms with Gasteiger partial charge < -0.3 is 19.7 Å². The second-order valence-corrected chi connectivity index (χ2v) is 5.66. The highest BCUT2D eigenvalue weighted by atomic mass is 19.4. The lowest BCUT2D eigenvalue weighted by Gasteiger charge is -2.34. The van der Waals surface area contributed by atoms with Crippen LogP contribution in [0.4, 0.5) is 18.9 Å². The monoisotopic (exact) mass is 372 g/mol. The molecule has 26 heavy (non-hydrogen) atoms. The van der Waals surface area contributed by atoms with E-state index in [1.54, 1.807) is 0 Å². The van der Waals surface area contributed by atoms with E-state index in [1.807, 2.05) is 0 Å². The Morgan fingerprint density at radius 1 is 1.42 bits per heavy atom. The second kappa shape index (κ2) is 8.22. The molecule has 1 aromatic rings. The molecule has 1 aliphatic rings. The molecule has 1 atom stereocenters. The molecule has 0 spiro atoms. The lowest BCUT2D eigenvalue weighted by atomic mass is 10.1. The molecular formula is C17H19F3N2O4. The van der Waals surface area contributed by atoms with Crippen LogP contribution in [-0.2, 0) is 20.5 Å². The maximum atomic E-state index is 12.9. The quantitative estimate of drug-likeness (QED) is 0.807. The summed E-state index contributed by atoms with van der Waals surface area (Å²) in [5.74, 6) is -0.893. The number of rotatable bonds is 5. The van der Waals surface area contributed by atoms with Crippen LogP contribution in [0.3, 0.4) is 0 Å². The summed E-state index contributed by atoms with van der Waals surface area (Å²) in [7, 11) is 1.24. The predicted molar refractivity (Wildman–Crippen MR) is 87.8 cm³/mol. The van der Waals surface area contributed by atoms with Gasteiger partial charge in [-0.2, -0.15) is 13.2 Å². The summed E-state index contributed by atoms with van der Waals surface area (Å²) in [5.41, 5.74) is -0.975. The van der Waals surface area contributed by atoms with Gasteiger partial charge in [-0.05, 0) is 18.2 Å². The van der Waals surface area contributed by atoms with Crippen molar-refractivity contribution in [3.8, 4) is 5.75 Å². The minimum absolute atomic E-state index is 0.0282. The molecule has 2 rings (SSSR count). The summed E-state index contributed by atoms with van der Waals surface area (Å²) in [6, 6.07) is 2.44. The molecule has 1 aliphatic heterocycles. The second-order valence-electron chi connectivity index (χ2n) is 5.66. The molecule has 1 fully saturated rings. The van der Waals surface area contributed by atoms with E-state index in [0.29, 0.717) is 13.2 Å². The van der Waals surface area contributed by atoms with Crippen molar-refractivity contribution in [1.29, 1.82) is 0 Å². The van der Waals surface area contributed by atoms with Crippen LogP contribution in [0.1, 0.15) is 12.0 Å². The summed E-state index contributed by atoms with van der Waals surface area (Å²) >= 11 is 0. The SMILES string of the molecule is C=CC(=O)N1CCOCC1CC(=O)Nc1cc(OC)cc(C(F)(F)F)c1. The van der Waals surface area contributed by atoms with Crippen molar-refractivity contribution >= 4 is 17.5 Å². The molecule has 0 aromatic heterocycles. The third kappa shape index (κ3) is 4.98. The molecule has 2 amide bonds. The first-order valence-electron chi connectivity index (χ1n) is 7.81. The van der Waals surface area contributed by atoms with E-state index in [4.69, 9.17) is 9.47 Å². The van der Waals surface area contributed by atoms with Crippen LogP contribution in [0.2, 0.25) is 0 Å². The number of carbonyl (C=O) groups excluding carboxylic acids is 2. The van der Waals surface area contributed by atoms with Crippen molar-refractivity contribution in [2.45, 2.75) is 18.6 Å². The third-order valence-electron chi connectivity index (χ3n) is 3.86. The number of morpholine rings is 1. The Labute approximate surface area is 148 Å². The number of methoxy groups -OCH3 is 1. The number of anilines is 1. The minimum Gasteiger partial charge on any atom is -0.497 e. The van der Waals surface area contributed by atoms with E-state index < -0.39 is 23.7 Å². The summed E-state index contributed by atoms with van der Waals surface area (Å²) in [6.07, 6.45) is -3.54. The first-order valence-corrected chi connectivity index (χ1v) is 7.81. The lowest BCUT2D eigenvalue weighted by molar-refractivity contribution is -0.138. The highest BCUT2D eigenvalue weighted by molar-refractivity contribution is 5.92. The van der Waals surface area contributed by atoms with Crippen molar-refractivity contribution in [3.05, 3.63) is 36.4 Å². The Balaban J connectivity index is 2.11. The molecule has 0 bridgehead atoms. The van der Waals surface area contributed by atoms with Crippen LogP contribution in [0, 0.1) is 0 Å². The fraction of sp³-hybridized carbons (Fsp3) is 0.412. The molecule has 0 saturated carbocycles. The first kappa shape index (κ1) is 19.8. The van der Waals surface area contributed by atoms with Crippen molar-refractivity contribution in [2.75, 3.05) is 32.2 Å². The van der Waals surface area contributed by atoms with Crippen LogP contribution in [-0.4, -0.2) is 49.6 Å². The van der Waals surface area contributed by atoms with Crippen LogP contribution in [0.5, 0.6) is 5.75 Å². The summed E-state index contributed by atoms with van der Waals surface area (Å²) < 4.78 is 48.9. The smallest absolute Gasteiger partial charge is 0.416 e. The average Bonchev–Trinajstić information content (AvgIpc) is 2.60. The molecule has 1 unspecified atom stereocenters. The van der Waals surface area contributed by atoms with Gasteiger partial charge in [0, 0.05) is 24.7 Å². The fourth-order valence-electron chi connectivity index (χ4n) is 2.61. The Bertz CT molecular complexity index is 691. The van der Waals surface area contributed by atoms with Gasteiger partial charge in [-0.3, -0.25) is 9.59 Å². The van der Waals surface area contributed by atoms with Crippen LogP contribution in [0.15, 0.2) is 30.9 Å². The zero-order chi connectivity index (χ0) is 19.3. The molecule has 1 aromatic carbocycles. The Morgan fingerprint density at radius 3 is 2.77 bits per heavy atom. The van der Waals surface area contributed by atoms with Gasteiger partial charge in [0.25, 0.3) is 0 Å². The predicted octanol–water partition coefficient (Wildman–Crippen LogP) is 2.46. The van der Waals surface area contributed by atoms with Crippen molar-refractivity contribution in [3.63, 3.8) is 0 Å². The van der Waals surface area contributed by atoms with Crippen LogP contribution in [0.25, 0.3) is 0 Å². The average molecular weight is 372 g/mol. The van der Waals surface area contributed by atoms with Crippen molar-refractivity contribution in [2.24, 2.45) is 0 Å². The van der Waals surface area contributed by atoms with E-state index in [-0.39, 0.29) is 30.4 Å². The molecule has 1 N–H and O–H groups in total. The normalized spacial score (nSPS) is 17.5. The standard InChI is InChI=1S/C17H19F3N2O4/c1-3-16(24)22-4-5-26-10-13(22)9-15(23)21-12-6-11(17(18,19)20)7-14(8-12)25-2/h3,6-8,13H,1,4-5,9-10H2,2H3,(H,21,23). The van der Waals surface area contributed by atoms with Crippen molar-refractivity contribution in [1.82, 2.24) is 4.90 Å². The number of benzene rings is 1. The van der Waals surface area contributed by atoms with Gasteiger partial charge in [0.2, 0.25) is 11.8 Å². The maximum absolute atomic E-state index is 12.9. The number of alkyl halides is 3. The highest BCUT2D eigenvalue weighted by Crippen LogP contribution is 2.34. The van der Waals surface area contributed by atoms with Gasteiger partial charge in [0.05, 0.1) is 31.9 Å². The van der Waals surface area contributed by atoms with Gasteiger partial charge in [-0.1, -0.05) is 6.58 Å². The fourth-order valence-corrected chi connectivity index (χ4v) is 2.61. The topological polar surface area (TPSA) is 67.9 Å². The number of nitrogens with one attached hydrogen (secondary N) is 1. The summed E-state index contributed by atoms with van der Waals surface area (Å²) in [6.45, 7) is 4.25. The van der Waals surface area contributed by atoms with Gasteiger partial charge in [0.15, 0.2) is 0 Å². The largest absolute Gasteiger partial charge is 0.497 e. The molecule has 142 valence electrons. The highest BCUT2D eigenvalue weighted by Gasteiger charge is 2.32. The zero-order valence-electron chi connectivity index (χ0n) is 14.1. The molecule has 1 saturated heterocycles. The molecule has 1 heterocycles. The number of amides is 2. The number of hydrogen-bond acceptors (Lipinski definition) is 4. The van der Waals surface area contributed by atoms with Crippen LogP contribution < -0.4 is 10.1 Å². The number of ether oxygens (including phenoxy) is 2. The lowest BCUT2D eigenvalue weighted by Crippen LogP contribution is -2.49. The maximum Gasteiger partial charge on any atom is 0.416 e.